The molecule has 1 atom stereocenters. The summed E-state index contributed by atoms with van der Waals surface area (Å²) in [6.07, 6.45) is 0. The Hall–Kier alpha value is -0.900. The lowest BCUT2D eigenvalue weighted by Gasteiger charge is -2.19. The van der Waals surface area contributed by atoms with Crippen LogP contribution in [-0.4, -0.2) is 23.2 Å². The van der Waals surface area contributed by atoms with Gasteiger partial charge < -0.3 is 10.8 Å². The summed E-state index contributed by atoms with van der Waals surface area (Å²) in [5, 5.41) is 8.96. The van der Waals surface area contributed by atoms with Crippen molar-refractivity contribution in [1.29, 1.82) is 0 Å². The highest BCUT2D eigenvalue weighted by Gasteiger charge is 2.25. The molecule has 1 unspecified atom stereocenters. The number of rotatable bonds is 3. The zero-order chi connectivity index (χ0) is 10.8. The number of benzene rings is 1. The Bertz CT molecular complexity index is 351. The van der Waals surface area contributed by atoms with Crippen LogP contribution in [0.2, 0.25) is 0 Å². The molecule has 0 radical (unpaired) electrons. The molecule has 0 amide bonds. The molecule has 1 aliphatic rings. The van der Waals surface area contributed by atoms with Crippen LogP contribution >= 0.6 is 0 Å². The van der Waals surface area contributed by atoms with Gasteiger partial charge in [0.05, 0.1) is 6.61 Å². The van der Waals surface area contributed by atoms with Gasteiger partial charge in [-0.25, -0.2) is 0 Å². The average molecular weight is 206 g/mol. The Morgan fingerprint density at radius 3 is 3.00 bits per heavy atom. The molecule has 3 nitrogen and oxygen atoms in total. The maximum absolute atomic E-state index is 8.96. The van der Waals surface area contributed by atoms with Crippen LogP contribution in [0.5, 0.6) is 0 Å². The van der Waals surface area contributed by atoms with Crippen molar-refractivity contribution in [1.82, 2.24) is 4.90 Å². The lowest BCUT2D eigenvalue weighted by atomic mass is 10.0. The molecule has 0 fully saturated rings. The molecule has 0 spiro atoms. The van der Waals surface area contributed by atoms with Gasteiger partial charge in [0, 0.05) is 25.7 Å². The number of nitrogens with two attached hydrogens (primary N) is 1. The maximum Gasteiger partial charge on any atom is 0.0558 e. The van der Waals surface area contributed by atoms with Crippen molar-refractivity contribution >= 4 is 0 Å². The highest BCUT2D eigenvalue weighted by molar-refractivity contribution is 5.37. The molecular weight excluding hydrogens is 188 g/mol. The van der Waals surface area contributed by atoms with E-state index in [4.69, 9.17) is 10.8 Å². The lowest BCUT2D eigenvalue weighted by Crippen LogP contribution is -2.23. The van der Waals surface area contributed by atoms with Crippen molar-refractivity contribution in [3.8, 4) is 0 Å². The van der Waals surface area contributed by atoms with Crippen LogP contribution in [-0.2, 0) is 13.1 Å². The van der Waals surface area contributed by atoms with Crippen molar-refractivity contribution < 1.29 is 5.11 Å². The van der Waals surface area contributed by atoms with Gasteiger partial charge >= 0.3 is 0 Å². The molecule has 0 saturated heterocycles. The second kappa shape index (κ2) is 4.31. The second-order valence-corrected chi connectivity index (χ2v) is 4.11. The molecule has 0 saturated carbocycles. The highest BCUT2D eigenvalue weighted by Crippen LogP contribution is 2.33. The summed E-state index contributed by atoms with van der Waals surface area (Å²) >= 11 is 0. The topological polar surface area (TPSA) is 49.5 Å². The van der Waals surface area contributed by atoms with E-state index in [0.717, 1.165) is 13.1 Å². The number of hydrogen-bond donors (Lipinski definition) is 2. The largest absolute Gasteiger partial charge is 0.395 e. The summed E-state index contributed by atoms with van der Waals surface area (Å²) in [6, 6.07) is 6.84. The maximum atomic E-state index is 8.96. The summed E-state index contributed by atoms with van der Waals surface area (Å²) in [6.45, 7) is 4.69. The Balaban J connectivity index is 2.25. The first-order chi connectivity index (χ1) is 7.26. The summed E-state index contributed by atoms with van der Waals surface area (Å²) < 4.78 is 0. The van der Waals surface area contributed by atoms with Gasteiger partial charge in [-0.05, 0) is 23.6 Å². The van der Waals surface area contributed by atoms with Crippen molar-refractivity contribution in [3.63, 3.8) is 0 Å². The zero-order valence-electron chi connectivity index (χ0n) is 9.11. The van der Waals surface area contributed by atoms with E-state index < -0.39 is 0 Å². The fourth-order valence-corrected chi connectivity index (χ4v) is 2.26. The van der Waals surface area contributed by atoms with Gasteiger partial charge in [-0.1, -0.05) is 18.2 Å². The number of β-amino-alcohol motifs (C(OH)–C–C–N with tert-alkyl or cyclic N) is 1. The number of nitrogens with zero attached hydrogens (tertiary/aromatic N) is 1. The lowest BCUT2D eigenvalue weighted by molar-refractivity contribution is 0.169. The summed E-state index contributed by atoms with van der Waals surface area (Å²) in [7, 11) is 0. The van der Waals surface area contributed by atoms with Crippen LogP contribution in [0.3, 0.4) is 0 Å². The quantitative estimate of drug-likeness (QED) is 0.776. The third-order valence-corrected chi connectivity index (χ3v) is 3.20. The van der Waals surface area contributed by atoms with E-state index >= 15 is 0 Å². The van der Waals surface area contributed by atoms with E-state index in [1.165, 1.54) is 16.7 Å². The van der Waals surface area contributed by atoms with E-state index in [2.05, 4.69) is 30.0 Å². The molecule has 2 rings (SSSR count). The fraction of sp³-hybridized carbons (Fsp3) is 0.500. The molecule has 1 aromatic rings. The standard InChI is InChI=1S/C12H18N2O/c1-9-12-6-10(7-13)2-3-11(12)8-14(9)4-5-15/h2-3,6,9,15H,4-5,7-8,13H2,1H3. The van der Waals surface area contributed by atoms with Crippen molar-refractivity contribution in [2.45, 2.75) is 26.1 Å². The van der Waals surface area contributed by atoms with Crippen molar-refractivity contribution in [3.05, 3.63) is 34.9 Å². The number of fused-ring (bicyclic) bond motifs is 1. The molecule has 1 heterocycles. The SMILES string of the molecule is CC1c2cc(CN)ccc2CN1CCO. The number of hydrogen-bond acceptors (Lipinski definition) is 3. The van der Waals surface area contributed by atoms with E-state index in [-0.39, 0.29) is 6.61 Å². The van der Waals surface area contributed by atoms with Crippen LogP contribution in [0.4, 0.5) is 0 Å². The van der Waals surface area contributed by atoms with Crippen LogP contribution in [0.25, 0.3) is 0 Å². The highest BCUT2D eigenvalue weighted by atomic mass is 16.3. The molecule has 1 aliphatic heterocycles. The molecule has 3 N–H and O–H groups in total. The third kappa shape index (κ3) is 1.91. The first-order valence-corrected chi connectivity index (χ1v) is 5.43. The van der Waals surface area contributed by atoms with Crippen LogP contribution < -0.4 is 5.73 Å². The molecule has 15 heavy (non-hydrogen) atoms. The van der Waals surface area contributed by atoms with Gasteiger partial charge in [-0.3, -0.25) is 4.90 Å². The Morgan fingerprint density at radius 1 is 1.53 bits per heavy atom. The molecule has 0 aromatic heterocycles. The van der Waals surface area contributed by atoms with E-state index in [1.54, 1.807) is 0 Å². The predicted octanol–water partition coefficient (Wildman–Crippen LogP) is 1.01. The molecular formula is C12H18N2O. The molecule has 0 bridgehead atoms. The molecule has 82 valence electrons. The normalized spacial score (nSPS) is 20.6. The van der Waals surface area contributed by atoms with Crippen LogP contribution in [0.15, 0.2) is 18.2 Å². The fourth-order valence-electron chi connectivity index (χ4n) is 2.26. The van der Waals surface area contributed by atoms with E-state index in [1.807, 2.05) is 0 Å². The third-order valence-electron chi connectivity index (χ3n) is 3.20. The summed E-state index contributed by atoms with van der Waals surface area (Å²) in [5.41, 5.74) is 9.55. The van der Waals surface area contributed by atoms with Gasteiger partial charge in [0.25, 0.3) is 0 Å². The van der Waals surface area contributed by atoms with Gasteiger partial charge in [0.1, 0.15) is 0 Å². The van der Waals surface area contributed by atoms with Gasteiger partial charge in [0.15, 0.2) is 0 Å². The summed E-state index contributed by atoms with van der Waals surface area (Å²) in [4.78, 5) is 2.28. The Labute approximate surface area is 90.5 Å². The second-order valence-electron chi connectivity index (χ2n) is 4.11. The smallest absolute Gasteiger partial charge is 0.0558 e. The average Bonchev–Trinajstić information content (AvgIpc) is 2.56. The van der Waals surface area contributed by atoms with Crippen LogP contribution in [0, 0.1) is 0 Å². The van der Waals surface area contributed by atoms with Crippen molar-refractivity contribution in [2.24, 2.45) is 5.73 Å². The number of aliphatic hydroxyl groups is 1. The minimum atomic E-state index is 0.224. The van der Waals surface area contributed by atoms with Crippen LogP contribution in [0.1, 0.15) is 29.7 Å². The van der Waals surface area contributed by atoms with E-state index in [0.29, 0.717) is 12.6 Å². The monoisotopic (exact) mass is 206 g/mol. The molecule has 1 aromatic carbocycles. The predicted molar refractivity (Wildman–Crippen MR) is 60.2 cm³/mol. The molecule has 3 heteroatoms. The minimum absolute atomic E-state index is 0.224. The summed E-state index contributed by atoms with van der Waals surface area (Å²) in [5.74, 6) is 0. The molecule has 0 aliphatic carbocycles. The van der Waals surface area contributed by atoms with E-state index in [9.17, 15) is 0 Å². The Kier molecular flexibility index (Phi) is 3.05. The minimum Gasteiger partial charge on any atom is -0.395 e. The zero-order valence-corrected chi connectivity index (χ0v) is 9.11. The van der Waals surface area contributed by atoms with Gasteiger partial charge in [-0.15, -0.1) is 0 Å². The van der Waals surface area contributed by atoms with Crippen molar-refractivity contribution in [2.75, 3.05) is 13.2 Å². The first kappa shape index (κ1) is 10.6. The Morgan fingerprint density at radius 2 is 2.33 bits per heavy atom. The number of aliphatic hydroxyl groups excluding tert-OH is 1. The first-order valence-electron chi connectivity index (χ1n) is 5.43. The van der Waals surface area contributed by atoms with Gasteiger partial charge in [-0.2, -0.15) is 0 Å². The van der Waals surface area contributed by atoms with Gasteiger partial charge in [0.2, 0.25) is 0 Å².